The second-order valence-corrected chi connectivity index (χ2v) is 6.01. The lowest BCUT2D eigenvalue weighted by molar-refractivity contribution is 0.295. The molecule has 3 aromatic rings. The summed E-state index contributed by atoms with van der Waals surface area (Å²) < 4.78 is 4.20. The molecule has 3 nitrogen and oxygen atoms in total. The van der Waals surface area contributed by atoms with Gasteiger partial charge in [-0.1, -0.05) is 18.2 Å². The molecule has 0 radical (unpaired) electrons. The van der Waals surface area contributed by atoms with E-state index in [-0.39, 0.29) is 6.61 Å². The van der Waals surface area contributed by atoms with Crippen molar-refractivity contribution in [1.82, 2.24) is 9.55 Å². The first-order chi connectivity index (χ1) is 9.22. The third-order valence-corrected chi connectivity index (χ3v) is 5.06. The maximum atomic E-state index is 9.08. The van der Waals surface area contributed by atoms with Crippen LogP contribution in [0.4, 0.5) is 0 Å². The van der Waals surface area contributed by atoms with Gasteiger partial charge in [-0.15, -0.1) is 11.3 Å². The molecule has 98 valence electrons. The normalized spacial score (nSPS) is 11.3. The average Bonchev–Trinajstić information content (AvgIpc) is 2.96. The van der Waals surface area contributed by atoms with Crippen molar-refractivity contribution in [3.05, 3.63) is 40.1 Å². The Balaban J connectivity index is 2.19. The van der Waals surface area contributed by atoms with Gasteiger partial charge in [-0.25, -0.2) is 4.98 Å². The summed E-state index contributed by atoms with van der Waals surface area (Å²) >= 11 is 5.33. The number of rotatable bonds is 3. The number of fused-ring (bicyclic) bond motifs is 1. The van der Waals surface area contributed by atoms with Crippen molar-refractivity contribution in [3.8, 4) is 11.3 Å². The maximum Gasteiger partial charge on any atom is 0.112 e. The fraction of sp³-hybridized carbons (Fsp3) is 0.214. The fourth-order valence-corrected chi connectivity index (χ4v) is 3.63. The molecule has 0 saturated carbocycles. The molecule has 2 heterocycles. The summed E-state index contributed by atoms with van der Waals surface area (Å²) in [5, 5.41) is 12.4. The van der Waals surface area contributed by atoms with Gasteiger partial charge in [0.2, 0.25) is 0 Å². The number of aliphatic hydroxyl groups is 1. The minimum Gasteiger partial charge on any atom is -0.396 e. The van der Waals surface area contributed by atoms with Crippen molar-refractivity contribution in [2.75, 3.05) is 6.61 Å². The Labute approximate surface area is 123 Å². The molecule has 0 amide bonds. The highest BCUT2D eigenvalue weighted by Crippen LogP contribution is 2.37. The third-order valence-electron chi connectivity index (χ3n) is 3.19. The van der Waals surface area contributed by atoms with Crippen molar-refractivity contribution in [2.24, 2.45) is 7.05 Å². The van der Waals surface area contributed by atoms with E-state index in [0.29, 0.717) is 6.42 Å². The largest absolute Gasteiger partial charge is 0.396 e. The van der Waals surface area contributed by atoms with Crippen LogP contribution in [0, 0.1) is 0 Å². The van der Waals surface area contributed by atoms with Crippen LogP contribution in [-0.4, -0.2) is 21.3 Å². The SMILES string of the molecule is Cn1c(CCO)nc(-c2csc3ccccc23)c1Br. The Bertz CT molecular complexity index is 732. The van der Waals surface area contributed by atoms with Gasteiger partial charge in [0.15, 0.2) is 0 Å². The van der Waals surface area contributed by atoms with Gasteiger partial charge < -0.3 is 9.67 Å². The van der Waals surface area contributed by atoms with E-state index in [1.54, 1.807) is 11.3 Å². The number of hydrogen-bond acceptors (Lipinski definition) is 3. The Morgan fingerprint density at radius 3 is 2.95 bits per heavy atom. The highest BCUT2D eigenvalue weighted by Gasteiger charge is 2.16. The first kappa shape index (κ1) is 12.8. The number of aliphatic hydroxyl groups excluding tert-OH is 1. The van der Waals surface area contributed by atoms with Gasteiger partial charge in [-0.2, -0.15) is 0 Å². The molecule has 0 atom stereocenters. The molecule has 1 aromatic carbocycles. The van der Waals surface area contributed by atoms with E-state index in [4.69, 9.17) is 5.11 Å². The summed E-state index contributed by atoms with van der Waals surface area (Å²) in [6.45, 7) is 0.112. The third kappa shape index (κ3) is 2.12. The van der Waals surface area contributed by atoms with E-state index < -0.39 is 0 Å². The van der Waals surface area contributed by atoms with E-state index in [1.807, 2.05) is 23.7 Å². The predicted molar refractivity (Wildman–Crippen MR) is 82.5 cm³/mol. The lowest BCUT2D eigenvalue weighted by Crippen LogP contribution is -2.00. The van der Waals surface area contributed by atoms with Gasteiger partial charge in [0.1, 0.15) is 16.1 Å². The number of thiophene rings is 1. The summed E-state index contributed by atoms with van der Waals surface area (Å²) in [5.74, 6) is 0.889. The summed E-state index contributed by atoms with van der Waals surface area (Å²) in [6, 6.07) is 8.33. The highest BCUT2D eigenvalue weighted by atomic mass is 79.9. The zero-order valence-corrected chi connectivity index (χ0v) is 12.8. The van der Waals surface area contributed by atoms with E-state index in [2.05, 4.69) is 38.4 Å². The number of imidazole rings is 1. The van der Waals surface area contributed by atoms with Crippen LogP contribution in [-0.2, 0) is 13.5 Å². The van der Waals surface area contributed by atoms with E-state index in [9.17, 15) is 0 Å². The van der Waals surface area contributed by atoms with Crippen LogP contribution < -0.4 is 0 Å². The smallest absolute Gasteiger partial charge is 0.112 e. The number of benzene rings is 1. The molecule has 0 unspecified atom stereocenters. The lowest BCUT2D eigenvalue weighted by Gasteiger charge is -1.99. The lowest BCUT2D eigenvalue weighted by atomic mass is 10.1. The van der Waals surface area contributed by atoms with Gasteiger partial charge in [-0.05, 0) is 22.0 Å². The summed E-state index contributed by atoms with van der Waals surface area (Å²) in [4.78, 5) is 4.65. The van der Waals surface area contributed by atoms with Crippen LogP contribution in [0.1, 0.15) is 5.82 Å². The molecule has 0 aliphatic heterocycles. The predicted octanol–water partition coefficient (Wildman–Crippen LogP) is 3.60. The highest BCUT2D eigenvalue weighted by molar-refractivity contribution is 9.10. The van der Waals surface area contributed by atoms with Crippen LogP contribution in [0.15, 0.2) is 34.2 Å². The zero-order chi connectivity index (χ0) is 13.4. The number of hydrogen-bond donors (Lipinski definition) is 1. The molecule has 1 N–H and O–H groups in total. The number of aromatic nitrogens is 2. The van der Waals surface area contributed by atoms with Gasteiger partial charge >= 0.3 is 0 Å². The first-order valence-electron chi connectivity index (χ1n) is 6.01. The van der Waals surface area contributed by atoms with Crippen LogP contribution in [0.2, 0.25) is 0 Å². The summed E-state index contributed by atoms with van der Waals surface area (Å²) in [7, 11) is 1.96. The van der Waals surface area contributed by atoms with Gasteiger partial charge in [-0.3, -0.25) is 0 Å². The van der Waals surface area contributed by atoms with E-state index in [1.165, 1.54) is 10.1 Å². The topological polar surface area (TPSA) is 38.0 Å². The Kier molecular flexibility index (Phi) is 3.43. The molecule has 0 bridgehead atoms. The van der Waals surface area contributed by atoms with Gasteiger partial charge in [0.05, 0.1) is 6.61 Å². The molecular weight excluding hydrogens is 324 g/mol. The standard InChI is InChI=1S/C14H13BrN2OS/c1-17-12(6-7-18)16-13(14(17)15)10-8-19-11-5-3-2-4-9(10)11/h2-5,8,18H,6-7H2,1H3. The van der Waals surface area contributed by atoms with Crippen molar-refractivity contribution in [3.63, 3.8) is 0 Å². The molecule has 0 spiro atoms. The maximum absolute atomic E-state index is 9.08. The average molecular weight is 337 g/mol. The second-order valence-electron chi connectivity index (χ2n) is 4.35. The van der Waals surface area contributed by atoms with Crippen molar-refractivity contribution < 1.29 is 5.11 Å². The molecule has 19 heavy (non-hydrogen) atoms. The molecule has 0 saturated heterocycles. The number of nitrogens with zero attached hydrogens (tertiary/aromatic N) is 2. The number of halogens is 1. The molecule has 5 heteroatoms. The van der Waals surface area contributed by atoms with Gasteiger partial charge in [0, 0.05) is 34.5 Å². The van der Waals surface area contributed by atoms with Crippen molar-refractivity contribution >= 4 is 37.4 Å². The molecule has 0 aliphatic carbocycles. The van der Waals surface area contributed by atoms with E-state index >= 15 is 0 Å². The minimum atomic E-state index is 0.112. The van der Waals surface area contributed by atoms with Crippen LogP contribution in [0.5, 0.6) is 0 Å². The summed E-state index contributed by atoms with van der Waals surface area (Å²) in [6.07, 6.45) is 0.567. The monoisotopic (exact) mass is 336 g/mol. The molecule has 3 rings (SSSR count). The Morgan fingerprint density at radius 2 is 2.16 bits per heavy atom. The molecule has 0 aliphatic rings. The minimum absolute atomic E-state index is 0.112. The van der Waals surface area contributed by atoms with Crippen LogP contribution in [0.25, 0.3) is 21.3 Å². The van der Waals surface area contributed by atoms with Crippen LogP contribution in [0.3, 0.4) is 0 Å². The van der Waals surface area contributed by atoms with Crippen molar-refractivity contribution in [1.29, 1.82) is 0 Å². The van der Waals surface area contributed by atoms with Gasteiger partial charge in [0.25, 0.3) is 0 Å². The molecule has 0 fully saturated rings. The van der Waals surface area contributed by atoms with Crippen LogP contribution >= 0.6 is 27.3 Å². The second kappa shape index (κ2) is 5.07. The summed E-state index contributed by atoms with van der Waals surface area (Å²) in [5.41, 5.74) is 2.09. The molecule has 2 aromatic heterocycles. The van der Waals surface area contributed by atoms with E-state index in [0.717, 1.165) is 21.7 Å². The first-order valence-corrected chi connectivity index (χ1v) is 7.68. The Hall–Kier alpha value is -1.17. The van der Waals surface area contributed by atoms with Crippen molar-refractivity contribution in [2.45, 2.75) is 6.42 Å². The zero-order valence-electron chi connectivity index (χ0n) is 10.4. The fourth-order valence-electron chi connectivity index (χ4n) is 2.18. The Morgan fingerprint density at radius 1 is 1.37 bits per heavy atom. The quantitative estimate of drug-likeness (QED) is 0.793. The molecular formula is C14H13BrN2OS.